The quantitative estimate of drug-likeness (QED) is 0.788. The Morgan fingerprint density at radius 2 is 2.24 bits per heavy atom. The Labute approximate surface area is 98.2 Å². The third-order valence-corrected chi connectivity index (χ3v) is 2.50. The fraction of sp³-hybridized carbons (Fsp3) is 0.455. The maximum absolute atomic E-state index is 11.5. The molecule has 0 bridgehead atoms. The van der Waals surface area contributed by atoms with Crippen molar-refractivity contribution in [3.8, 4) is 0 Å². The third-order valence-electron chi connectivity index (χ3n) is 2.50. The number of amides is 1. The summed E-state index contributed by atoms with van der Waals surface area (Å²) in [4.78, 5) is 23.7. The van der Waals surface area contributed by atoms with Crippen LogP contribution in [0.1, 0.15) is 23.4 Å². The SMILES string of the molecule is CN(CC(=O)NC1CC1)c1ccc(C(=O)O)o1. The van der Waals surface area contributed by atoms with Crippen molar-refractivity contribution in [3.05, 3.63) is 17.9 Å². The summed E-state index contributed by atoms with van der Waals surface area (Å²) in [6.07, 6.45) is 2.08. The van der Waals surface area contributed by atoms with Crippen LogP contribution in [0.3, 0.4) is 0 Å². The van der Waals surface area contributed by atoms with E-state index in [9.17, 15) is 9.59 Å². The smallest absolute Gasteiger partial charge is 0.371 e. The second-order valence-corrected chi connectivity index (χ2v) is 4.14. The van der Waals surface area contributed by atoms with Crippen LogP contribution in [-0.4, -0.2) is 36.6 Å². The molecule has 0 saturated heterocycles. The lowest BCUT2D eigenvalue weighted by molar-refractivity contribution is -0.119. The summed E-state index contributed by atoms with van der Waals surface area (Å²) >= 11 is 0. The summed E-state index contributed by atoms with van der Waals surface area (Å²) in [5, 5.41) is 11.5. The lowest BCUT2D eigenvalue weighted by atomic mass is 10.4. The molecule has 1 aliphatic carbocycles. The summed E-state index contributed by atoms with van der Waals surface area (Å²) in [6, 6.07) is 3.22. The van der Waals surface area contributed by atoms with E-state index in [0.29, 0.717) is 11.9 Å². The molecule has 1 fully saturated rings. The fourth-order valence-electron chi connectivity index (χ4n) is 1.44. The normalized spacial score (nSPS) is 14.4. The van der Waals surface area contributed by atoms with Gasteiger partial charge in [-0.2, -0.15) is 0 Å². The van der Waals surface area contributed by atoms with Crippen molar-refractivity contribution >= 4 is 17.8 Å². The Morgan fingerprint density at radius 1 is 1.53 bits per heavy atom. The lowest BCUT2D eigenvalue weighted by Crippen LogP contribution is -2.36. The Balaban J connectivity index is 1.90. The number of likely N-dealkylation sites (N-methyl/N-ethyl adjacent to an activating group) is 1. The number of anilines is 1. The molecule has 1 heterocycles. The molecule has 2 N–H and O–H groups in total. The molecule has 0 aliphatic heterocycles. The molecule has 1 saturated carbocycles. The van der Waals surface area contributed by atoms with Crippen LogP contribution in [0.4, 0.5) is 5.88 Å². The molecule has 1 aromatic rings. The first-order valence-corrected chi connectivity index (χ1v) is 5.40. The van der Waals surface area contributed by atoms with Gasteiger partial charge in [-0.05, 0) is 18.9 Å². The van der Waals surface area contributed by atoms with E-state index in [0.717, 1.165) is 12.8 Å². The number of furan rings is 1. The molecule has 17 heavy (non-hydrogen) atoms. The molecular weight excluding hydrogens is 224 g/mol. The minimum Gasteiger partial charge on any atom is -0.475 e. The molecule has 6 nitrogen and oxygen atoms in total. The van der Waals surface area contributed by atoms with E-state index < -0.39 is 5.97 Å². The Kier molecular flexibility index (Phi) is 3.03. The molecule has 0 atom stereocenters. The van der Waals surface area contributed by atoms with Crippen LogP contribution in [-0.2, 0) is 4.79 Å². The van der Waals surface area contributed by atoms with Gasteiger partial charge in [0.2, 0.25) is 11.7 Å². The van der Waals surface area contributed by atoms with E-state index in [1.807, 2.05) is 0 Å². The molecule has 0 radical (unpaired) electrons. The highest BCUT2D eigenvalue weighted by molar-refractivity contribution is 5.85. The summed E-state index contributed by atoms with van der Waals surface area (Å²) in [5.74, 6) is -0.960. The number of rotatable bonds is 5. The standard InChI is InChI=1S/C11H14N2O4/c1-13(6-9(14)12-7-2-3-7)10-5-4-8(17-10)11(15)16/h4-5,7H,2-3,6H2,1H3,(H,12,14)(H,15,16). The summed E-state index contributed by atoms with van der Waals surface area (Å²) in [7, 11) is 1.68. The van der Waals surface area contributed by atoms with Crippen molar-refractivity contribution in [2.24, 2.45) is 0 Å². The highest BCUT2D eigenvalue weighted by Crippen LogP contribution is 2.19. The van der Waals surface area contributed by atoms with Crippen LogP contribution in [0.25, 0.3) is 0 Å². The second kappa shape index (κ2) is 4.48. The van der Waals surface area contributed by atoms with Gasteiger partial charge in [-0.15, -0.1) is 0 Å². The average molecular weight is 238 g/mol. The van der Waals surface area contributed by atoms with Crippen molar-refractivity contribution in [1.29, 1.82) is 0 Å². The van der Waals surface area contributed by atoms with E-state index in [2.05, 4.69) is 5.32 Å². The van der Waals surface area contributed by atoms with Crippen LogP contribution < -0.4 is 10.2 Å². The van der Waals surface area contributed by atoms with Crippen molar-refractivity contribution in [2.45, 2.75) is 18.9 Å². The van der Waals surface area contributed by atoms with Gasteiger partial charge >= 0.3 is 5.97 Å². The van der Waals surface area contributed by atoms with Crippen molar-refractivity contribution in [2.75, 3.05) is 18.5 Å². The number of hydrogen-bond acceptors (Lipinski definition) is 4. The second-order valence-electron chi connectivity index (χ2n) is 4.14. The Morgan fingerprint density at radius 3 is 2.76 bits per heavy atom. The highest BCUT2D eigenvalue weighted by Gasteiger charge is 2.24. The van der Waals surface area contributed by atoms with Gasteiger partial charge in [0.15, 0.2) is 5.88 Å². The number of aromatic carboxylic acids is 1. The maximum Gasteiger partial charge on any atom is 0.371 e. The summed E-state index contributed by atoms with van der Waals surface area (Å²) in [5.41, 5.74) is 0. The van der Waals surface area contributed by atoms with E-state index in [-0.39, 0.29) is 18.2 Å². The molecule has 0 spiro atoms. The lowest BCUT2D eigenvalue weighted by Gasteiger charge is -2.15. The first-order chi connectivity index (χ1) is 8.06. The minimum atomic E-state index is -1.12. The van der Waals surface area contributed by atoms with Gasteiger partial charge in [0.25, 0.3) is 0 Å². The van der Waals surface area contributed by atoms with Gasteiger partial charge < -0.3 is 19.7 Å². The Hall–Kier alpha value is -1.98. The minimum absolute atomic E-state index is 0.0803. The molecule has 92 valence electrons. The molecule has 2 rings (SSSR count). The molecule has 1 amide bonds. The predicted octanol–water partition coefficient (Wildman–Crippen LogP) is 0.693. The monoisotopic (exact) mass is 238 g/mol. The third kappa shape index (κ3) is 2.99. The number of nitrogens with zero attached hydrogens (tertiary/aromatic N) is 1. The maximum atomic E-state index is 11.5. The summed E-state index contributed by atoms with van der Waals surface area (Å²) < 4.78 is 5.07. The van der Waals surface area contributed by atoms with Crippen LogP contribution in [0.15, 0.2) is 16.5 Å². The van der Waals surface area contributed by atoms with E-state index in [1.54, 1.807) is 11.9 Å². The fourth-order valence-corrected chi connectivity index (χ4v) is 1.44. The van der Waals surface area contributed by atoms with E-state index in [1.165, 1.54) is 12.1 Å². The molecule has 0 unspecified atom stereocenters. The molecule has 1 aromatic heterocycles. The first kappa shape index (κ1) is 11.5. The van der Waals surface area contributed by atoms with Crippen molar-refractivity contribution in [1.82, 2.24) is 5.32 Å². The zero-order chi connectivity index (χ0) is 12.4. The van der Waals surface area contributed by atoms with Gasteiger partial charge in [0.1, 0.15) is 0 Å². The molecule has 6 heteroatoms. The van der Waals surface area contributed by atoms with Gasteiger partial charge in [-0.3, -0.25) is 4.79 Å². The highest BCUT2D eigenvalue weighted by atomic mass is 16.4. The first-order valence-electron chi connectivity index (χ1n) is 5.40. The largest absolute Gasteiger partial charge is 0.475 e. The Bertz CT molecular complexity index is 436. The number of carboxylic acids is 1. The van der Waals surface area contributed by atoms with Crippen LogP contribution in [0.2, 0.25) is 0 Å². The van der Waals surface area contributed by atoms with Gasteiger partial charge in [-0.1, -0.05) is 0 Å². The van der Waals surface area contributed by atoms with E-state index >= 15 is 0 Å². The van der Waals surface area contributed by atoms with Gasteiger partial charge in [0, 0.05) is 19.2 Å². The van der Waals surface area contributed by atoms with Crippen LogP contribution in [0.5, 0.6) is 0 Å². The summed E-state index contributed by atoms with van der Waals surface area (Å²) in [6.45, 7) is 0.156. The molecular formula is C11H14N2O4. The molecule has 0 aromatic carbocycles. The predicted molar refractivity (Wildman–Crippen MR) is 60.1 cm³/mol. The van der Waals surface area contributed by atoms with Crippen LogP contribution in [0, 0.1) is 0 Å². The number of carboxylic acid groups (broad SMARTS) is 1. The number of carbonyl (C=O) groups excluding carboxylic acids is 1. The van der Waals surface area contributed by atoms with E-state index in [4.69, 9.17) is 9.52 Å². The topological polar surface area (TPSA) is 82.8 Å². The number of nitrogens with one attached hydrogen (secondary N) is 1. The van der Waals surface area contributed by atoms with Gasteiger partial charge in [-0.25, -0.2) is 4.79 Å². The van der Waals surface area contributed by atoms with Crippen molar-refractivity contribution in [3.63, 3.8) is 0 Å². The average Bonchev–Trinajstić information content (AvgIpc) is 2.92. The van der Waals surface area contributed by atoms with Crippen molar-refractivity contribution < 1.29 is 19.1 Å². The van der Waals surface area contributed by atoms with Crippen LogP contribution >= 0.6 is 0 Å². The number of carbonyl (C=O) groups is 2. The zero-order valence-corrected chi connectivity index (χ0v) is 9.47. The number of hydrogen-bond donors (Lipinski definition) is 2. The molecule has 1 aliphatic rings. The zero-order valence-electron chi connectivity index (χ0n) is 9.47. The van der Waals surface area contributed by atoms with Gasteiger partial charge in [0.05, 0.1) is 6.54 Å².